The molecule has 0 saturated carbocycles. The Labute approximate surface area is 197 Å². The lowest BCUT2D eigenvalue weighted by molar-refractivity contribution is -0.131. The lowest BCUT2D eigenvalue weighted by atomic mass is 10.1. The van der Waals surface area contributed by atoms with Crippen molar-refractivity contribution in [2.75, 3.05) is 26.2 Å². The Kier molecular flexibility index (Phi) is 5.69. The average molecular weight is 459 g/mol. The van der Waals surface area contributed by atoms with Gasteiger partial charge in [0.2, 0.25) is 5.91 Å². The van der Waals surface area contributed by atoms with Gasteiger partial charge in [0.15, 0.2) is 0 Å². The number of halogens is 1. The van der Waals surface area contributed by atoms with Gasteiger partial charge in [-0.25, -0.2) is 4.39 Å². The van der Waals surface area contributed by atoms with E-state index in [9.17, 15) is 14.0 Å². The fourth-order valence-electron chi connectivity index (χ4n) is 4.86. The topological polar surface area (TPSA) is 61.3 Å². The van der Waals surface area contributed by atoms with Crippen molar-refractivity contribution in [3.05, 3.63) is 89.1 Å². The summed E-state index contributed by atoms with van der Waals surface area (Å²) in [6.45, 7) is 5.66. The molecule has 4 aromatic rings. The van der Waals surface area contributed by atoms with Gasteiger partial charge in [0.25, 0.3) is 5.91 Å². The lowest BCUT2D eigenvalue weighted by Crippen LogP contribution is -2.51. The van der Waals surface area contributed by atoms with Crippen molar-refractivity contribution in [1.29, 1.82) is 0 Å². The first-order valence-electron chi connectivity index (χ1n) is 11.5. The largest absolute Gasteiger partial charge is 0.361 e. The number of aromatic nitrogens is 2. The third-order valence-corrected chi connectivity index (χ3v) is 6.69. The van der Waals surface area contributed by atoms with Gasteiger partial charge in [-0.15, -0.1) is 0 Å². The van der Waals surface area contributed by atoms with E-state index in [0.29, 0.717) is 49.5 Å². The van der Waals surface area contributed by atoms with Crippen molar-refractivity contribution in [2.45, 2.75) is 20.3 Å². The summed E-state index contributed by atoms with van der Waals surface area (Å²) in [5.74, 6) is -0.348. The Hall–Kier alpha value is -3.87. The standard InChI is InChI=1S/C27H27FN4O2/c1-18-15-22(19(2)32(18)25-10-6-4-8-23(25)28)27(34)31-13-11-30(12-14-31)26(33)16-20-17-29-24-9-5-3-7-21(20)24/h3-10,15,17,29H,11-14,16H2,1-2H3. The molecule has 1 aliphatic heterocycles. The van der Waals surface area contributed by atoms with Crippen molar-refractivity contribution >= 4 is 22.7 Å². The lowest BCUT2D eigenvalue weighted by Gasteiger charge is -2.35. The molecule has 7 heteroatoms. The Morgan fingerprint density at radius 3 is 2.38 bits per heavy atom. The summed E-state index contributed by atoms with van der Waals surface area (Å²) in [5.41, 5.74) is 4.53. The Morgan fingerprint density at radius 2 is 1.62 bits per heavy atom. The number of aryl methyl sites for hydroxylation is 1. The smallest absolute Gasteiger partial charge is 0.255 e. The van der Waals surface area contributed by atoms with Gasteiger partial charge in [0, 0.05) is 54.7 Å². The van der Waals surface area contributed by atoms with Gasteiger partial charge < -0.3 is 19.4 Å². The van der Waals surface area contributed by atoms with E-state index in [1.165, 1.54) is 6.07 Å². The second-order valence-corrected chi connectivity index (χ2v) is 8.78. The minimum Gasteiger partial charge on any atom is -0.361 e. The van der Waals surface area contributed by atoms with Crippen LogP contribution in [0.1, 0.15) is 27.3 Å². The first-order chi connectivity index (χ1) is 16.4. The zero-order valence-electron chi connectivity index (χ0n) is 19.3. The fourth-order valence-corrected chi connectivity index (χ4v) is 4.86. The van der Waals surface area contributed by atoms with Crippen LogP contribution in [-0.2, 0) is 11.2 Å². The van der Waals surface area contributed by atoms with E-state index in [-0.39, 0.29) is 17.6 Å². The molecule has 2 aromatic carbocycles. The van der Waals surface area contributed by atoms with Crippen LogP contribution in [0.25, 0.3) is 16.6 Å². The first-order valence-corrected chi connectivity index (χ1v) is 11.5. The summed E-state index contributed by atoms with van der Waals surface area (Å²) in [6.07, 6.45) is 2.23. The quantitative estimate of drug-likeness (QED) is 0.497. The van der Waals surface area contributed by atoms with Crippen molar-refractivity contribution < 1.29 is 14.0 Å². The number of hydrogen-bond donors (Lipinski definition) is 1. The maximum atomic E-state index is 14.4. The number of para-hydroxylation sites is 2. The van der Waals surface area contributed by atoms with Gasteiger partial charge in [-0.3, -0.25) is 9.59 Å². The molecule has 6 nitrogen and oxygen atoms in total. The van der Waals surface area contributed by atoms with Crippen LogP contribution in [0.5, 0.6) is 0 Å². The molecular formula is C27H27FN4O2. The van der Waals surface area contributed by atoms with Crippen LogP contribution in [0.4, 0.5) is 4.39 Å². The maximum Gasteiger partial charge on any atom is 0.255 e. The van der Waals surface area contributed by atoms with Crippen LogP contribution >= 0.6 is 0 Å². The van der Waals surface area contributed by atoms with E-state index in [2.05, 4.69) is 4.98 Å². The number of rotatable bonds is 4. The van der Waals surface area contributed by atoms with Gasteiger partial charge in [-0.2, -0.15) is 0 Å². The molecule has 0 spiro atoms. The number of carbonyl (C=O) groups is 2. The van der Waals surface area contributed by atoms with Crippen molar-refractivity contribution in [3.63, 3.8) is 0 Å². The molecule has 34 heavy (non-hydrogen) atoms. The Balaban J connectivity index is 1.26. The van der Waals surface area contributed by atoms with Crippen LogP contribution in [0, 0.1) is 19.7 Å². The monoisotopic (exact) mass is 458 g/mol. The Bertz CT molecular complexity index is 1380. The highest BCUT2D eigenvalue weighted by Gasteiger charge is 2.28. The summed E-state index contributed by atoms with van der Waals surface area (Å²) in [4.78, 5) is 33.0. The predicted octanol–water partition coefficient (Wildman–Crippen LogP) is 4.24. The number of hydrogen-bond acceptors (Lipinski definition) is 2. The molecule has 0 unspecified atom stereocenters. The van der Waals surface area contributed by atoms with Crippen molar-refractivity contribution in [1.82, 2.24) is 19.4 Å². The minimum absolute atomic E-state index is 0.0644. The summed E-state index contributed by atoms with van der Waals surface area (Å²) < 4.78 is 16.2. The summed E-state index contributed by atoms with van der Waals surface area (Å²) in [7, 11) is 0. The van der Waals surface area contributed by atoms with E-state index in [4.69, 9.17) is 0 Å². The second-order valence-electron chi connectivity index (χ2n) is 8.78. The number of nitrogens with zero attached hydrogens (tertiary/aromatic N) is 3. The van der Waals surface area contributed by atoms with Crippen LogP contribution in [0.15, 0.2) is 60.8 Å². The molecule has 3 heterocycles. The van der Waals surface area contributed by atoms with E-state index in [0.717, 1.165) is 22.2 Å². The number of nitrogens with one attached hydrogen (secondary N) is 1. The summed E-state index contributed by atoms with van der Waals surface area (Å²) >= 11 is 0. The van der Waals surface area contributed by atoms with Gasteiger partial charge in [-0.05, 0) is 43.7 Å². The molecule has 1 fully saturated rings. The highest BCUT2D eigenvalue weighted by atomic mass is 19.1. The molecule has 1 N–H and O–H groups in total. The highest BCUT2D eigenvalue weighted by molar-refractivity contribution is 5.96. The molecule has 5 rings (SSSR count). The number of H-pyrrole nitrogens is 1. The van der Waals surface area contributed by atoms with Gasteiger partial charge in [0.1, 0.15) is 5.82 Å². The number of amides is 2. The molecule has 0 radical (unpaired) electrons. The summed E-state index contributed by atoms with van der Waals surface area (Å²) in [6, 6.07) is 16.3. The highest BCUT2D eigenvalue weighted by Crippen LogP contribution is 2.24. The molecule has 174 valence electrons. The summed E-state index contributed by atoms with van der Waals surface area (Å²) in [5, 5.41) is 1.06. The van der Waals surface area contributed by atoms with Gasteiger partial charge >= 0.3 is 0 Å². The van der Waals surface area contributed by atoms with E-state index in [1.807, 2.05) is 55.3 Å². The zero-order valence-corrected chi connectivity index (χ0v) is 19.3. The number of aromatic amines is 1. The molecular weight excluding hydrogens is 431 g/mol. The maximum absolute atomic E-state index is 14.4. The van der Waals surface area contributed by atoms with E-state index >= 15 is 0 Å². The average Bonchev–Trinajstić information content (AvgIpc) is 3.39. The van der Waals surface area contributed by atoms with Gasteiger partial charge in [0.05, 0.1) is 17.7 Å². The predicted molar refractivity (Wildman–Crippen MR) is 130 cm³/mol. The second kappa shape index (κ2) is 8.82. The third kappa shape index (κ3) is 3.87. The molecule has 2 aromatic heterocycles. The van der Waals surface area contributed by atoms with Gasteiger partial charge in [-0.1, -0.05) is 30.3 Å². The van der Waals surface area contributed by atoms with Crippen LogP contribution in [0.2, 0.25) is 0 Å². The SMILES string of the molecule is Cc1cc(C(=O)N2CCN(C(=O)Cc3c[nH]c4ccccc34)CC2)c(C)n1-c1ccccc1F. The van der Waals surface area contributed by atoms with Crippen LogP contribution < -0.4 is 0 Å². The number of fused-ring (bicyclic) bond motifs is 1. The van der Waals surface area contributed by atoms with E-state index in [1.54, 1.807) is 27.7 Å². The minimum atomic E-state index is -0.328. The van der Waals surface area contributed by atoms with Crippen LogP contribution in [-0.4, -0.2) is 57.3 Å². The number of piperazine rings is 1. The zero-order chi connectivity index (χ0) is 23.8. The normalized spacial score (nSPS) is 14.1. The molecule has 1 saturated heterocycles. The van der Waals surface area contributed by atoms with Crippen molar-refractivity contribution in [2.24, 2.45) is 0 Å². The van der Waals surface area contributed by atoms with Crippen molar-refractivity contribution in [3.8, 4) is 5.69 Å². The molecule has 1 aliphatic rings. The van der Waals surface area contributed by atoms with Crippen LogP contribution in [0.3, 0.4) is 0 Å². The molecule has 0 aliphatic carbocycles. The first kappa shape index (κ1) is 21.9. The molecule has 2 amide bonds. The Morgan fingerprint density at radius 1 is 0.941 bits per heavy atom. The third-order valence-electron chi connectivity index (χ3n) is 6.69. The number of carbonyl (C=O) groups excluding carboxylic acids is 2. The fraction of sp³-hybridized carbons (Fsp3) is 0.259. The van der Waals surface area contributed by atoms with E-state index < -0.39 is 0 Å². The molecule has 0 atom stereocenters. The molecule has 0 bridgehead atoms. The number of benzene rings is 2.